The molecule has 0 radical (unpaired) electrons. The van der Waals surface area contributed by atoms with Gasteiger partial charge in [0.15, 0.2) is 11.3 Å². The second-order valence-electron chi connectivity index (χ2n) is 8.48. The molecule has 0 atom stereocenters. The fourth-order valence-corrected chi connectivity index (χ4v) is 5.49. The molecule has 0 bridgehead atoms. The van der Waals surface area contributed by atoms with Crippen molar-refractivity contribution in [2.75, 3.05) is 7.11 Å². The number of para-hydroxylation sites is 2. The number of pyridine rings is 1. The van der Waals surface area contributed by atoms with Gasteiger partial charge >= 0.3 is 0 Å². The Morgan fingerprint density at radius 2 is 1.56 bits per heavy atom. The Bertz CT molecular complexity index is 1890. The molecule has 0 saturated carbocycles. The molecule has 0 N–H and O–H groups in total. The van der Waals surface area contributed by atoms with Gasteiger partial charge in [0.2, 0.25) is 5.52 Å². The summed E-state index contributed by atoms with van der Waals surface area (Å²) in [6.45, 7) is 2.19. The van der Waals surface area contributed by atoms with E-state index in [9.17, 15) is 0 Å². The summed E-state index contributed by atoms with van der Waals surface area (Å²) in [5.74, 6) is 0.809. The molecule has 32 heavy (non-hydrogen) atoms. The second kappa shape index (κ2) is 6.01. The van der Waals surface area contributed by atoms with Crippen LogP contribution >= 0.6 is 0 Å². The third-order valence-electron chi connectivity index (χ3n) is 6.82. The van der Waals surface area contributed by atoms with Crippen molar-refractivity contribution in [2.24, 2.45) is 7.05 Å². The summed E-state index contributed by atoms with van der Waals surface area (Å²) in [6, 6.07) is 25.5. The Labute approximate surface area is 183 Å². The highest BCUT2D eigenvalue weighted by molar-refractivity contribution is 6.21. The molecule has 0 aliphatic carbocycles. The predicted octanol–water partition coefficient (Wildman–Crippen LogP) is 6.44. The number of rotatable bonds is 1. The lowest BCUT2D eigenvalue weighted by Crippen LogP contribution is -2.28. The van der Waals surface area contributed by atoms with Crippen LogP contribution in [0, 0.1) is 6.92 Å². The number of aryl methyl sites for hydroxylation is 2. The van der Waals surface area contributed by atoms with Crippen molar-refractivity contribution >= 4 is 60.3 Å². The van der Waals surface area contributed by atoms with Gasteiger partial charge in [0, 0.05) is 22.2 Å². The van der Waals surface area contributed by atoms with Gasteiger partial charge in [-0.1, -0.05) is 54.6 Å². The van der Waals surface area contributed by atoms with Gasteiger partial charge in [-0.25, -0.2) is 4.57 Å². The largest absolute Gasteiger partial charge is 0.492 e. The molecule has 3 heterocycles. The number of aromatic nitrogens is 2. The van der Waals surface area contributed by atoms with Gasteiger partial charge in [-0.3, -0.25) is 0 Å². The van der Waals surface area contributed by atoms with Crippen LogP contribution < -0.4 is 9.30 Å². The lowest BCUT2D eigenvalue weighted by Gasteiger charge is -2.06. The van der Waals surface area contributed by atoms with E-state index in [1.807, 2.05) is 18.2 Å². The molecule has 0 amide bonds. The smallest absolute Gasteiger partial charge is 0.295 e. The molecule has 3 aromatic heterocycles. The van der Waals surface area contributed by atoms with Crippen molar-refractivity contribution in [1.29, 1.82) is 0 Å². The molecule has 4 aromatic carbocycles. The minimum absolute atomic E-state index is 0.809. The van der Waals surface area contributed by atoms with Crippen molar-refractivity contribution in [3.63, 3.8) is 0 Å². The summed E-state index contributed by atoms with van der Waals surface area (Å²) in [7, 11) is 3.86. The average Bonchev–Trinajstić information content (AvgIpc) is 3.34. The fraction of sp³-hybridized carbons (Fsp3) is 0.107. The van der Waals surface area contributed by atoms with Gasteiger partial charge in [-0.2, -0.15) is 4.40 Å². The first kappa shape index (κ1) is 17.6. The summed E-state index contributed by atoms with van der Waals surface area (Å²) in [4.78, 5) is 0. The quantitative estimate of drug-likeness (QED) is 0.227. The van der Waals surface area contributed by atoms with E-state index < -0.39 is 0 Å². The maximum atomic E-state index is 6.28. The van der Waals surface area contributed by atoms with Gasteiger partial charge in [-0.05, 0) is 24.6 Å². The molecular weight excluding hydrogens is 396 g/mol. The highest BCUT2D eigenvalue weighted by atomic mass is 16.5. The van der Waals surface area contributed by atoms with Crippen LogP contribution in [0.2, 0.25) is 0 Å². The molecule has 4 heteroatoms. The van der Waals surface area contributed by atoms with Crippen molar-refractivity contribution in [3.8, 4) is 5.75 Å². The van der Waals surface area contributed by atoms with Gasteiger partial charge in [-0.15, -0.1) is 0 Å². The fourth-order valence-electron chi connectivity index (χ4n) is 5.49. The highest BCUT2D eigenvalue weighted by Crippen LogP contribution is 2.41. The lowest BCUT2D eigenvalue weighted by atomic mass is 10.0. The molecule has 7 aromatic rings. The number of imidazole rings is 1. The molecule has 0 aliphatic heterocycles. The van der Waals surface area contributed by atoms with Crippen LogP contribution in [-0.2, 0) is 7.05 Å². The Morgan fingerprint density at radius 3 is 2.41 bits per heavy atom. The van der Waals surface area contributed by atoms with Crippen LogP contribution in [-0.4, -0.2) is 11.5 Å². The van der Waals surface area contributed by atoms with Crippen LogP contribution in [0.1, 0.15) is 5.56 Å². The minimum atomic E-state index is 0.809. The van der Waals surface area contributed by atoms with Gasteiger partial charge in [0.25, 0.3) is 5.65 Å². The number of fused-ring (bicyclic) bond motifs is 12. The van der Waals surface area contributed by atoms with Crippen LogP contribution in [0.5, 0.6) is 5.75 Å². The zero-order valence-corrected chi connectivity index (χ0v) is 18.1. The molecule has 0 saturated heterocycles. The molecule has 4 nitrogen and oxygen atoms in total. The number of hydrogen-bond donors (Lipinski definition) is 0. The monoisotopic (exact) mass is 417 g/mol. The van der Waals surface area contributed by atoms with Gasteiger partial charge < -0.3 is 9.15 Å². The summed E-state index contributed by atoms with van der Waals surface area (Å²) >= 11 is 0. The minimum Gasteiger partial charge on any atom is -0.492 e. The van der Waals surface area contributed by atoms with Gasteiger partial charge in [0.1, 0.15) is 16.7 Å². The summed E-state index contributed by atoms with van der Waals surface area (Å²) in [6.07, 6.45) is 0. The van der Waals surface area contributed by atoms with E-state index in [0.29, 0.717) is 0 Å². The van der Waals surface area contributed by atoms with E-state index in [4.69, 9.17) is 9.15 Å². The number of furan rings is 1. The van der Waals surface area contributed by atoms with E-state index in [0.717, 1.165) is 44.4 Å². The first-order valence-corrected chi connectivity index (χ1v) is 10.8. The second-order valence-corrected chi connectivity index (χ2v) is 8.48. The molecule has 0 unspecified atom stereocenters. The molecule has 7 rings (SSSR count). The summed E-state index contributed by atoms with van der Waals surface area (Å²) in [5, 5.41) is 5.99. The highest BCUT2D eigenvalue weighted by Gasteiger charge is 2.30. The Balaban J connectivity index is 1.95. The SMILES string of the molecule is COc1cc2oc3ccccc3c2c2c1[n+](C)c1c3c(C)cccc3c3ccccc3n21. The molecule has 0 aliphatic rings. The molecule has 0 fully saturated rings. The van der Waals surface area contributed by atoms with Gasteiger partial charge in [0.05, 0.1) is 24.9 Å². The maximum absolute atomic E-state index is 6.28. The number of nitrogens with zero attached hydrogens (tertiary/aromatic N) is 2. The molecule has 154 valence electrons. The van der Waals surface area contributed by atoms with E-state index in [1.165, 1.54) is 27.2 Å². The average molecular weight is 417 g/mol. The van der Waals surface area contributed by atoms with E-state index >= 15 is 0 Å². The first-order chi connectivity index (χ1) is 15.7. The molecule has 0 spiro atoms. The Hall–Kier alpha value is -4.05. The van der Waals surface area contributed by atoms with E-state index in [-0.39, 0.29) is 0 Å². The van der Waals surface area contributed by atoms with Crippen LogP contribution in [0.3, 0.4) is 0 Å². The summed E-state index contributed by atoms with van der Waals surface area (Å²) in [5.41, 5.74) is 7.48. The van der Waals surface area contributed by atoms with Crippen LogP contribution in [0.4, 0.5) is 0 Å². The zero-order chi connectivity index (χ0) is 21.6. The zero-order valence-electron chi connectivity index (χ0n) is 18.1. The Kier molecular flexibility index (Phi) is 3.31. The molecular formula is C28H21N2O2+. The third-order valence-corrected chi connectivity index (χ3v) is 6.82. The number of benzene rings is 4. The van der Waals surface area contributed by atoms with Crippen LogP contribution in [0.25, 0.3) is 60.3 Å². The van der Waals surface area contributed by atoms with Crippen molar-refractivity contribution in [1.82, 2.24) is 4.40 Å². The standard InChI is InChI=1S/C28H21N2O2/c1-16-9-8-12-18-17-10-4-6-13-20(17)30-27-25-19-11-5-7-14-21(19)32-22(25)15-23(31-3)26(27)29(2)28(30)24(16)18/h4-15H,1-3H3/q+1. The normalized spacial score (nSPS) is 12.2. The van der Waals surface area contributed by atoms with E-state index in [1.54, 1.807) is 7.11 Å². The Morgan fingerprint density at radius 1 is 0.812 bits per heavy atom. The van der Waals surface area contributed by atoms with Crippen molar-refractivity contribution < 1.29 is 13.7 Å². The number of methoxy groups -OCH3 is 1. The first-order valence-electron chi connectivity index (χ1n) is 10.8. The van der Waals surface area contributed by atoms with Crippen LogP contribution in [0.15, 0.2) is 77.2 Å². The third kappa shape index (κ3) is 2.00. The van der Waals surface area contributed by atoms with E-state index in [2.05, 4.69) is 77.5 Å². The summed E-state index contributed by atoms with van der Waals surface area (Å²) < 4.78 is 16.9. The lowest BCUT2D eigenvalue weighted by molar-refractivity contribution is -0.617. The number of ether oxygens (including phenoxy) is 1. The predicted molar refractivity (Wildman–Crippen MR) is 130 cm³/mol. The number of hydrogen-bond acceptors (Lipinski definition) is 2. The van der Waals surface area contributed by atoms with Crippen molar-refractivity contribution in [2.45, 2.75) is 6.92 Å². The van der Waals surface area contributed by atoms with Crippen molar-refractivity contribution in [3.05, 3.63) is 78.4 Å². The topological polar surface area (TPSA) is 30.7 Å². The maximum Gasteiger partial charge on any atom is 0.295 e.